The number of carbonyl (C=O) groups excluding carboxylic acids is 3. The van der Waals surface area contributed by atoms with Crippen LogP contribution in [0.2, 0.25) is 0 Å². The van der Waals surface area contributed by atoms with Gasteiger partial charge in [0.05, 0.1) is 22.6 Å². The number of nitrogens with zero attached hydrogens (tertiary/aromatic N) is 2. The number of ether oxygens (including phenoxy) is 1. The average Bonchev–Trinajstić information content (AvgIpc) is 3.18. The van der Waals surface area contributed by atoms with Crippen molar-refractivity contribution in [3.8, 4) is 11.5 Å². The molecule has 1 fully saturated rings. The smallest absolute Gasteiger partial charge is 0.339 e. The number of benzene rings is 3. The number of anilines is 1. The fourth-order valence-electron chi connectivity index (χ4n) is 3.66. The Labute approximate surface area is 241 Å². The molecule has 3 aromatic carbocycles. The first-order chi connectivity index (χ1) is 19.8. The molecule has 4 rings (SSSR count). The SMILES string of the molecule is COc1cc(/C=C2\SC(=O)N(CC(=O)Nc3ccc(F)cc3F)C2=O)ccc1OS(=O)(=O)c1ccc(C)c([N+](=O)[O-])c1. The van der Waals surface area contributed by atoms with Gasteiger partial charge in [-0.3, -0.25) is 29.4 Å². The van der Waals surface area contributed by atoms with Crippen molar-refractivity contribution in [1.29, 1.82) is 0 Å². The van der Waals surface area contributed by atoms with Gasteiger partial charge in [0.15, 0.2) is 11.5 Å². The molecule has 1 aliphatic heterocycles. The lowest BCUT2D eigenvalue weighted by Gasteiger charge is -2.13. The van der Waals surface area contributed by atoms with Crippen LogP contribution < -0.4 is 14.2 Å². The lowest BCUT2D eigenvalue weighted by molar-refractivity contribution is -0.385. The highest BCUT2D eigenvalue weighted by Gasteiger charge is 2.36. The zero-order chi connectivity index (χ0) is 30.8. The van der Waals surface area contributed by atoms with Crippen LogP contribution in [0.25, 0.3) is 6.08 Å². The molecule has 3 amide bonds. The number of nitrogens with one attached hydrogen (secondary N) is 1. The van der Waals surface area contributed by atoms with E-state index in [0.717, 1.165) is 24.3 Å². The van der Waals surface area contributed by atoms with Crippen LogP contribution in [0.3, 0.4) is 0 Å². The number of aryl methyl sites for hydroxylation is 1. The second kappa shape index (κ2) is 12.0. The summed E-state index contributed by atoms with van der Waals surface area (Å²) in [6.07, 6.45) is 1.30. The number of carbonyl (C=O) groups is 3. The Hall–Kier alpha value is -4.83. The Morgan fingerprint density at radius 1 is 1.10 bits per heavy atom. The van der Waals surface area contributed by atoms with Crippen molar-refractivity contribution in [3.05, 3.63) is 92.4 Å². The summed E-state index contributed by atoms with van der Waals surface area (Å²) in [6, 6.07) is 9.69. The number of nitro benzene ring substituents is 1. The molecular weight excluding hydrogens is 600 g/mol. The van der Waals surface area contributed by atoms with E-state index < -0.39 is 60.9 Å². The van der Waals surface area contributed by atoms with Crippen molar-refractivity contribution >= 4 is 56.4 Å². The van der Waals surface area contributed by atoms with E-state index >= 15 is 0 Å². The number of nitro groups is 1. The van der Waals surface area contributed by atoms with Crippen LogP contribution in [-0.4, -0.2) is 48.9 Å². The predicted octanol–water partition coefficient (Wildman–Crippen LogP) is 4.63. The van der Waals surface area contributed by atoms with E-state index in [2.05, 4.69) is 5.32 Å². The molecule has 218 valence electrons. The van der Waals surface area contributed by atoms with E-state index in [1.54, 1.807) is 0 Å². The normalized spacial score (nSPS) is 14.3. The van der Waals surface area contributed by atoms with Crippen LogP contribution in [0.15, 0.2) is 64.4 Å². The van der Waals surface area contributed by atoms with Gasteiger partial charge in [-0.05, 0) is 60.7 Å². The largest absolute Gasteiger partial charge is 0.493 e. The zero-order valence-electron chi connectivity index (χ0n) is 21.6. The summed E-state index contributed by atoms with van der Waals surface area (Å²) in [7, 11) is -3.28. The summed E-state index contributed by atoms with van der Waals surface area (Å²) in [5, 5.41) is 12.6. The average molecular weight is 620 g/mol. The highest BCUT2D eigenvalue weighted by molar-refractivity contribution is 8.18. The van der Waals surface area contributed by atoms with Crippen molar-refractivity contribution in [2.75, 3.05) is 19.0 Å². The molecule has 1 N–H and O–H groups in total. The van der Waals surface area contributed by atoms with Gasteiger partial charge < -0.3 is 14.2 Å². The highest BCUT2D eigenvalue weighted by atomic mass is 32.2. The lowest BCUT2D eigenvalue weighted by atomic mass is 10.2. The quantitative estimate of drug-likeness (QED) is 0.155. The Bertz CT molecular complexity index is 1780. The molecule has 16 heteroatoms. The molecule has 0 radical (unpaired) electrons. The maximum Gasteiger partial charge on any atom is 0.339 e. The summed E-state index contributed by atoms with van der Waals surface area (Å²) in [5.41, 5.74) is -0.185. The van der Waals surface area contributed by atoms with Crippen LogP contribution in [0.4, 0.5) is 25.0 Å². The van der Waals surface area contributed by atoms with Crippen LogP contribution in [0.5, 0.6) is 11.5 Å². The Morgan fingerprint density at radius 2 is 1.83 bits per heavy atom. The fourth-order valence-corrected chi connectivity index (χ4v) is 5.46. The highest BCUT2D eigenvalue weighted by Crippen LogP contribution is 2.36. The van der Waals surface area contributed by atoms with Crippen molar-refractivity contribution in [2.24, 2.45) is 0 Å². The minimum atomic E-state index is -4.51. The number of amides is 3. The number of imide groups is 1. The number of rotatable bonds is 9. The minimum absolute atomic E-state index is 0.0731. The van der Waals surface area contributed by atoms with Crippen LogP contribution in [-0.2, 0) is 19.7 Å². The molecule has 42 heavy (non-hydrogen) atoms. The van der Waals surface area contributed by atoms with Gasteiger partial charge in [0, 0.05) is 17.7 Å². The Morgan fingerprint density at radius 3 is 2.50 bits per heavy atom. The zero-order valence-corrected chi connectivity index (χ0v) is 23.3. The van der Waals surface area contributed by atoms with E-state index in [1.807, 2.05) is 0 Å². The number of halogens is 2. The summed E-state index contributed by atoms with van der Waals surface area (Å²) in [6.45, 7) is 0.722. The third-order valence-corrected chi connectivity index (χ3v) is 7.87. The number of thioether (sulfide) groups is 1. The molecule has 0 atom stereocenters. The molecular formula is C26H19F2N3O9S2. The number of hydrogen-bond acceptors (Lipinski definition) is 10. The Balaban J connectivity index is 1.50. The second-order valence-electron chi connectivity index (χ2n) is 8.59. The summed E-state index contributed by atoms with van der Waals surface area (Å²) >= 11 is 0.532. The molecule has 1 heterocycles. The third-order valence-electron chi connectivity index (χ3n) is 5.73. The predicted molar refractivity (Wildman–Crippen MR) is 146 cm³/mol. The van der Waals surface area contributed by atoms with Gasteiger partial charge in [0.2, 0.25) is 5.91 Å². The van der Waals surface area contributed by atoms with E-state index in [9.17, 15) is 41.7 Å². The van der Waals surface area contributed by atoms with Gasteiger partial charge >= 0.3 is 10.1 Å². The third kappa shape index (κ3) is 6.55. The van der Waals surface area contributed by atoms with E-state index in [0.29, 0.717) is 28.3 Å². The van der Waals surface area contributed by atoms with Gasteiger partial charge in [0.1, 0.15) is 23.1 Å². The monoisotopic (exact) mass is 619 g/mol. The molecule has 0 spiro atoms. The maximum atomic E-state index is 13.8. The number of methoxy groups -OCH3 is 1. The summed E-state index contributed by atoms with van der Waals surface area (Å²) in [5.74, 6) is -3.93. The van der Waals surface area contributed by atoms with Crippen molar-refractivity contribution in [3.63, 3.8) is 0 Å². The maximum absolute atomic E-state index is 13.8. The van der Waals surface area contributed by atoms with Gasteiger partial charge in [-0.25, -0.2) is 8.78 Å². The van der Waals surface area contributed by atoms with E-state index in [1.165, 1.54) is 44.4 Å². The minimum Gasteiger partial charge on any atom is -0.493 e. The number of hydrogen-bond donors (Lipinski definition) is 1. The van der Waals surface area contributed by atoms with Crippen molar-refractivity contribution < 1.29 is 45.4 Å². The van der Waals surface area contributed by atoms with Gasteiger partial charge in [-0.15, -0.1) is 0 Å². The van der Waals surface area contributed by atoms with Gasteiger partial charge in [-0.1, -0.05) is 12.1 Å². The van der Waals surface area contributed by atoms with Crippen LogP contribution >= 0.6 is 11.8 Å². The molecule has 0 aromatic heterocycles. The molecule has 0 aliphatic carbocycles. The van der Waals surface area contributed by atoms with Gasteiger partial charge in [-0.2, -0.15) is 8.42 Å². The summed E-state index contributed by atoms with van der Waals surface area (Å²) < 4.78 is 62.8. The first-order valence-electron chi connectivity index (χ1n) is 11.7. The van der Waals surface area contributed by atoms with E-state index in [4.69, 9.17) is 8.92 Å². The fraction of sp³-hybridized carbons (Fsp3) is 0.115. The molecule has 12 nitrogen and oxygen atoms in total. The van der Waals surface area contributed by atoms with Crippen molar-refractivity contribution in [1.82, 2.24) is 4.90 Å². The first-order valence-corrected chi connectivity index (χ1v) is 13.9. The topological polar surface area (TPSA) is 162 Å². The van der Waals surface area contributed by atoms with Gasteiger partial charge in [0.25, 0.3) is 16.8 Å². The summed E-state index contributed by atoms with van der Waals surface area (Å²) in [4.78, 5) is 48.1. The second-order valence-corrected chi connectivity index (χ2v) is 11.1. The molecule has 3 aromatic rings. The lowest BCUT2D eigenvalue weighted by Crippen LogP contribution is -2.36. The van der Waals surface area contributed by atoms with Crippen LogP contribution in [0.1, 0.15) is 11.1 Å². The standard InChI is InChI=1S/C26H19F2N3O9S2/c1-14-3-6-17(12-20(14)31(35)36)42(37,38)40-21-8-4-15(9-22(21)39-2)10-23-25(33)30(26(34)41-23)13-24(32)29-19-7-5-16(27)11-18(19)28/h3-12H,13H2,1-2H3,(H,29,32)/b23-10-. The molecule has 0 bridgehead atoms. The molecule has 1 saturated heterocycles. The van der Waals surface area contributed by atoms with Crippen molar-refractivity contribution in [2.45, 2.75) is 11.8 Å². The van der Waals surface area contributed by atoms with Crippen LogP contribution in [0, 0.1) is 28.7 Å². The Kier molecular flexibility index (Phi) is 8.58. The first kappa shape index (κ1) is 30.1. The molecule has 1 aliphatic rings. The molecule has 0 unspecified atom stereocenters. The molecule has 0 saturated carbocycles. The van der Waals surface area contributed by atoms with E-state index in [-0.39, 0.29) is 27.7 Å².